The van der Waals surface area contributed by atoms with E-state index in [9.17, 15) is 0 Å². The average molecular weight is 233 g/mol. The van der Waals surface area contributed by atoms with Crippen molar-refractivity contribution in [3.05, 3.63) is 29.6 Å². The highest BCUT2D eigenvalue weighted by Gasteiger charge is 2.13. The molecule has 0 spiro atoms. The van der Waals surface area contributed by atoms with Crippen LogP contribution >= 0.6 is 0 Å². The number of imidazole rings is 1. The van der Waals surface area contributed by atoms with E-state index < -0.39 is 0 Å². The fourth-order valence-corrected chi connectivity index (χ4v) is 2.10. The van der Waals surface area contributed by atoms with Crippen LogP contribution in [0.4, 0.5) is 0 Å². The predicted octanol–water partition coefficient (Wildman–Crippen LogP) is 1.61. The van der Waals surface area contributed by atoms with Crippen LogP contribution in [0.5, 0.6) is 0 Å². The number of aromatic nitrogens is 2. The Morgan fingerprint density at radius 2 is 2.24 bits per heavy atom. The molecule has 0 aliphatic rings. The van der Waals surface area contributed by atoms with Crippen molar-refractivity contribution in [1.29, 1.82) is 0 Å². The summed E-state index contributed by atoms with van der Waals surface area (Å²) in [5, 5.41) is 9.12. The van der Waals surface area contributed by atoms with Gasteiger partial charge in [-0.2, -0.15) is 0 Å². The van der Waals surface area contributed by atoms with E-state index in [0.717, 1.165) is 23.3 Å². The van der Waals surface area contributed by atoms with E-state index in [0.29, 0.717) is 6.54 Å². The third kappa shape index (κ3) is 2.18. The zero-order valence-corrected chi connectivity index (χ0v) is 10.3. The van der Waals surface area contributed by atoms with E-state index in [2.05, 4.69) is 30.1 Å². The number of aliphatic hydroxyl groups excluding tert-OH is 1. The van der Waals surface area contributed by atoms with Gasteiger partial charge < -0.3 is 15.4 Å². The van der Waals surface area contributed by atoms with Gasteiger partial charge in [-0.15, -0.1) is 0 Å². The Labute approximate surface area is 101 Å². The van der Waals surface area contributed by atoms with Gasteiger partial charge in [-0.25, -0.2) is 4.98 Å². The Hall–Kier alpha value is -1.39. The molecule has 1 aromatic carbocycles. The molecule has 0 aliphatic carbocycles. The van der Waals surface area contributed by atoms with Gasteiger partial charge in [0.05, 0.1) is 23.7 Å². The van der Waals surface area contributed by atoms with Gasteiger partial charge in [0.1, 0.15) is 5.82 Å². The van der Waals surface area contributed by atoms with Crippen molar-refractivity contribution in [2.45, 2.75) is 32.9 Å². The molecule has 92 valence electrons. The summed E-state index contributed by atoms with van der Waals surface area (Å²) in [4.78, 5) is 4.57. The van der Waals surface area contributed by atoms with E-state index in [1.165, 1.54) is 5.56 Å². The van der Waals surface area contributed by atoms with Crippen molar-refractivity contribution in [1.82, 2.24) is 9.55 Å². The third-order valence-corrected chi connectivity index (χ3v) is 2.98. The summed E-state index contributed by atoms with van der Waals surface area (Å²) in [6.45, 7) is 4.67. The first kappa shape index (κ1) is 12.1. The van der Waals surface area contributed by atoms with Gasteiger partial charge in [0.15, 0.2) is 0 Å². The minimum atomic E-state index is -0.126. The lowest BCUT2D eigenvalue weighted by molar-refractivity contribution is 0.275. The first-order valence-corrected chi connectivity index (χ1v) is 6.02. The zero-order chi connectivity index (χ0) is 12.4. The second-order valence-corrected chi connectivity index (χ2v) is 4.31. The smallest absolute Gasteiger partial charge is 0.126 e. The fourth-order valence-electron chi connectivity index (χ4n) is 2.10. The van der Waals surface area contributed by atoms with E-state index in [1.807, 2.05) is 11.5 Å². The van der Waals surface area contributed by atoms with Crippen LogP contribution in [0.2, 0.25) is 0 Å². The second-order valence-electron chi connectivity index (χ2n) is 4.31. The first-order chi connectivity index (χ1) is 8.17. The highest BCUT2D eigenvalue weighted by atomic mass is 16.3. The topological polar surface area (TPSA) is 64.1 Å². The molecule has 2 aromatic rings. The van der Waals surface area contributed by atoms with Gasteiger partial charge in [0, 0.05) is 6.54 Å². The minimum Gasteiger partial charge on any atom is -0.395 e. The van der Waals surface area contributed by atoms with Crippen LogP contribution in [-0.2, 0) is 13.0 Å². The van der Waals surface area contributed by atoms with E-state index >= 15 is 0 Å². The lowest BCUT2D eigenvalue weighted by Gasteiger charge is -2.09. The van der Waals surface area contributed by atoms with Crippen LogP contribution < -0.4 is 5.73 Å². The summed E-state index contributed by atoms with van der Waals surface area (Å²) < 4.78 is 2.00. The summed E-state index contributed by atoms with van der Waals surface area (Å²) in [6, 6.07) is 6.12. The molecule has 17 heavy (non-hydrogen) atoms. The first-order valence-electron chi connectivity index (χ1n) is 6.02. The van der Waals surface area contributed by atoms with E-state index in [-0.39, 0.29) is 12.6 Å². The molecule has 1 unspecified atom stereocenters. The van der Waals surface area contributed by atoms with Crippen LogP contribution in [0.15, 0.2) is 18.2 Å². The molecule has 1 aromatic heterocycles. The Bertz CT molecular complexity index is 517. The normalized spacial score (nSPS) is 13.2. The number of aryl methyl sites for hydroxylation is 1. The molecule has 0 saturated heterocycles. The number of hydrogen-bond donors (Lipinski definition) is 2. The Morgan fingerprint density at radius 1 is 1.47 bits per heavy atom. The van der Waals surface area contributed by atoms with Crippen LogP contribution in [0, 0.1) is 0 Å². The maximum absolute atomic E-state index is 9.12. The third-order valence-electron chi connectivity index (χ3n) is 2.98. The van der Waals surface area contributed by atoms with Crippen molar-refractivity contribution in [3.63, 3.8) is 0 Å². The fraction of sp³-hybridized carbons (Fsp3) is 0.462. The molecule has 0 aliphatic heterocycles. The molecule has 3 N–H and O–H groups in total. The number of benzene rings is 1. The van der Waals surface area contributed by atoms with Crippen LogP contribution in [0.25, 0.3) is 11.0 Å². The maximum Gasteiger partial charge on any atom is 0.126 e. The van der Waals surface area contributed by atoms with Crippen LogP contribution in [-0.4, -0.2) is 21.3 Å². The number of aliphatic hydroxyl groups is 1. The van der Waals surface area contributed by atoms with Crippen molar-refractivity contribution in [2.24, 2.45) is 5.73 Å². The summed E-state index contributed by atoms with van der Waals surface area (Å²) >= 11 is 0. The van der Waals surface area contributed by atoms with Gasteiger partial charge in [0.25, 0.3) is 0 Å². The molecular weight excluding hydrogens is 214 g/mol. The Kier molecular flexibility index (Phi) is 3.45. The van der Waals surface area contributed by atoms with Crippen molar-refractivity contribution in [2.75, 3.05) is 6.61 Å². The molecule has 2 rings (SSSR count). The number of nitrogens with two attached hydrogens (primary N) is 1. The van der Waals surface area contributed by atoms with Gasteiger partial charge in [0.2, 0.25) is 0 Å². The monoisotopic (exact) mass is 233 g/mol. The largest absolute Gasteiger partial charge is 0.395 e. The average Bonchev–Trinajstić information content (AvgIpc) is 2.68. The molecule has 0 radical (unpaired) electrons. The molecule has 1 atom stereocenters. The van der Waals surface area contributed by atoms with Crippen LogP contribution in [0.1, 0.15) is 31.3 Å². The number of hydrogen-bond acceptors (Lipinski definition) is 3. The molecule has 0 bridgehead atoms. The molecule has 4 heteroatoms. The molecule has 0 amide bonds. The van der Waals surface area contributed by atoms with Gasteiger partial charge in [-0.1, -0.05) is 13.0 Å². The Balaban J connectivity index is 2.61. The van der Waals surface area contributed by atoms with Crippen molar-refractivity contribution in [3.8, 4) is 0 Å². The molecule has 4 nitrogen and oxygen atoms in total. The van der Waals surface area contributed by atoms with Crippen molar-refractivity contribution >= 4 is 11.0 Å². The highest BCUT2D eigenvalue weighted by Crippen LogP contribution is 2.21. The molecule has 1 heterocycles. The molecule has 0 saturated carbocycles. The second kappa shape index (κ2) is 4.85. The van der Waals surface area contributed by atoms with Crippen LogP contribution in [0.3, 0.4) is 0 Å². The SMILES string of the molecule is CCc1ccc2c(c1)nc(C(C)N)n2CCO. The summed E-state index contributed by atoms with van der Waals surface area (Å²) in [5.74, 6) is 0.835. The van der Waals surface area contributed by atoms with Crippen molar-refractivity contribution < 1.29 is 5.11 Å². The highest BCUT2D eigenvalue weighted by molar-refractivity contribution is 5.77. The lowest BCUT2D eigenvalue weighted by Crippen LogP contribution is -2.14. The van der Waals surface area contributed by atoms with Gasteiger partial charge >= 0.3 is 0 Å². The quantitative estimate of drug-likeness (QED) is 0.843. The van der Waals surface area contributed by atoms with Gasteiger partial charge in [-0.3, -0.25) is 0 Å². The molecule has 0 fully saturated rings. The van der Waals surface area contributed by atoms with Gasteiger partial charge in [-0.05, 0) is 31.0 Å². The summed E-state index contributed by atoms with van der Waals surface area (Å²) in [6.07, 6.45) is 0.996. The number of nitrogens with zero attached hydrogens (tertiary/aromatic N) is 2. The minimum absolute atomic E-state index is 0.0979. The van der Waals surface area contributed by atoms with E-state index in [4.69, 9.17) is 10.8 Å². The summed E-state index contributed by atoms with van der Waals surface area (Å²) in [7, 11) is 0. The number of fused-ring (bicyclic) bond motifs is 1. The zero-order valence-electron chi connectivity index (χ0n) is 10.3. The predicted molar refractivity (Wildman–Crippen MR) is 68.8 cm³/mol. The lowest BCUT2D eigenvalue weighted by atomic mass is 10.1. The van der Waals surface area contributed by atoms with E-state index in [1.54, 1.807) is 0 Å². The number of rotatable bonds is 4. The maximum atomic E-state index is 9.12. The summed E-state index contributed by atoms with van der Waals surface area (Å²) in [5.41, 5.74) is 9.19. The standard InChI is InChI=1S/C13H19N3O/c1-3-10-4-5-12-11(8-10)15-13(9(2)14)16(12)6-7-17/h4-5,8-9,17H,3,6-7,14H2,1-2H3. The molecular formula is C13H19N3O. The Morgan fingerprint density at radius 3 is 2.82 bits per heavy atom.